The van der Waals surface area contributed by atoms with Crippen LogP contribution in [0.1, 0.15) is 58.4 Å². The lowest BCUT2D eigenvalue weighted by Crippen LogP contribution is -2.39. The second kappa shape index (κ2) is 7.84. The second-order valence-corrected chi connectivity index (χ2v) is 9.76. The molecule has 0 saturated heterocycles. The van der Waals surface area contributed by atoms with Gasteiger partial charge in [-0.25, -0.2) is 0 Å². The normalized spacial score (nSPS) is 24.4. The van der Waals surface area contributed by atoms with Gasteiger partial charge in [-0.3, -0.25) is 14.6 Å². The average Bonchev–Trinajstić information content (AvgIpc) is 3.10. The maximum Gasteiger partial charge on any atom is 0.315 e. The van der Waals surface area contributed by atoms with Gasteiger partial charge in [0.05, 0.1) is 6.61 Å². The first-order chi connectivity index (χ1) is 14.2. The molecule has 1 aliphatic carbocycles. The molecule has 0 N–H and O–H groups in total. The van der Waals surface area contributed by atoms with E-state index in [4.69, 9.17) is 19.2 Å². The molecule has 7 heteroatoms. The number of aliphatic imine (C=N–C) groups is 1. The molecule has 1 unspecified atom stereocenters. The average molecular weight is 476 g/mol. The number of ether oxygens (including phenoxy) is 3. The molecule has 6 nitrogen and oxygen atoms in total. The van der Waals surface area contributed by atoms with E-state index < -0.39 is 11.8 Å². The van der Waals surface area contributed by atoms with E-state index in [1.807, 2.05) is 26.0 Å². The van der Waals surface area contributed by atoms with Gasteiger partial charge in [-0.15, -0.1) is 0 Å². The summed E-state index contributed by atoms with van der Waals surface area (Å²) in [5, 5.41) is 0. The van der Waals surface area contributed by atoms with E-state index in [1.54, 1.807) is 0 Å². The smallest absolute Gasteiger partial charge is 0.315 e. The number of nitrogens with zero attached hydrogens (tertiary/aromatic N) is 1. The van der Waals surface area contributed by atoms with Crippen molar-refractivity contribution in [2.45, 2.75) is 52.9 Å². The number of ketones is 1. The predicted molar refractivity (Wildman–Crippen MR) is 116 cm³/mol. The van der Waals surface area contributed by atoms with Crippen molar-refractivity contribution in [3.8, 4) is 11.5 Å². The second-order valence-electron chi connectivity index (χ2n) is 8.90. The number of rotatable bonds is 4. The maximum absolute atomic E-state index is 13.3. The number of carbonyl (C=O) groups is 2. The predicted octanol–water partition coefficient (Wildman–Crippen LogP) is 4.95. The minimum atomic E-state index is -0.655. The van der Waals surface area contributed by atoms with Crippen molar-refractivity contribution < 1.29 is 23.8 Å². The van der Waals surface area contributed by atoms with Crippen LogP contribution >= 0.6 is 15.9 Å². The van der Waals surface area contributed by atoms with Crippen LogP contribution < -0.4 is 9.47 Å². The fraction of sp³-hybridized carbons (Fsp3) is 0.522. The summed E-state index contributed by atoms with van der Waals surface area (Å²) in [5.41, 5.74) is 2.73. The summed E-state index contributed by atoms with van der Waals surface area (Å²) < 4.78 is 17.3. The number of hydrogen-bond donors (Lipinski definition) is 0. The zero-order valence-corrected chi connectivity index (χ0v) is 19.3. The van der Waals surface area contributed by atoms with Crippen LogP contribution in [0.3, 0.4) is 0 Å². The maximum atomic E-state index is 13.3. The zero-order valence-electron chi connectivity index (χ0n) is 17.7. The Morgan fingerprint density at radius 2 is 1.97 bits per heavy atom. The van der Waals surface area contributed by atoms with Gasteiger partial charge >= 0.3 is 5.97 Å². The van der Waals surface area contributed by atoms with E-state index in [0.717, 1.165) is 22.2 Å². The van der Waals surface area contributed by atoms with Crippen LogP contribution in [0.15, 0.2) is 32.9 Å². The molecule has 3 aliphatic rings. The number of Topliss-reactive ketones (excluding diaryl/α,β-unsaturated/α-hetero) is 1. The topological polar surface area (TPSA) is 74.2 Å². The number of carbonyl (C=O) groups excluding carboxylic acids is 2. The molecule has 1 aromatic carbocycles. The molecule has 0 fully saturated rings. The molecule has 0 radical (unpaired) electrons. The third-order valence-electron chi connectivity index (χ3n) is 5.83. The highest BCUT2D eigenvalue weighted by atomic mass is 79.9. The fourth-order valence-corrected chi connectivity index (χ4v) is 5.12. The molecule has 0 amide bonds. The molecular weight excluding hydrogens is 450 g/mol. The molecule has 0 saturated carbocycles. The minimum Gasteiger partial charge on any atom is -0.465 e. The Balaban J connectivity index is 1.87. The standard InChI is InChI=1S/C23H26BrNO5/c1-5-6-28-22(27)19-12(2)25-15-9-23(3,4)10-16(26)21(15)20(19)13-7-17-18(8-14(13)24)30-11-29-17/h7-8,19-20H,5-6,9-11H2,1-4H3/t19?,20-/m1/s1. The number of allylic oxidation sites excluding steroid dienone is 2. The van der Waals surface area contributed by atoms with Crippen LogP contribution in [-0.4, -0.2) is 30.9 Å². The molecule has 0 aromatic heterocycles. The van der Waals surface area contributed by atoms with Crippen LogP contribution in [0, 0.1) is 11.3 Å². The van der Waals surface area contributed by atoms with Crippen molar-refractivity contribution in [3.63, 3.8) is 0 Å². The van der Waals surface area contributed by atoms with Crippen LogP contribution in [0.2, 0.25) is 0 Å². The summed E-state index contributed by atoms with van der Waals surface area (Å²) >= 11 is 3.63. The third-order valence-corrected chi connectivity index (χ3v) is 6.52. The summed E-state index contributed by atoms with van der Waals surface area (Å²) in [7, 11) is 0. The lowest BCUT2D eigenvalue weighted by molar-refractivity contribution is -0.146. The highest BCUT2D eigenvalue weighted by molar-refractivity contribution is 9.10. The van der Waals surface area contributed by atoms with Gasteiger partial charge in [0.2, 0.25) is 6.79 Å². The van der Waals surface area contributed by atoms with Gasteiger partial charge < -0.3 is 14.2 Å². The Morgan fingerprint density at radius 3 is 2.67 bits per heavy atom. The third kappa shape index (κ3) is 3.68. The van der Waals surface area contributed by atoms with Crippen molar-refractivity contribution >= 4 is 33.4 Å². The molecule has 0 spiro atoms. The summed E-state index contributed by atoms with van der Waals surface area (Å²) in [5.74, 6) is -0.189. The van der Waals surface area contributed by atoms with Crippen LogP contribution in [0.4, 0.5) is 0 Å². The number of fused-ring (bicyclic) bond motifs is 1. The van der Waals surface area contributed by atoms with Crippen LogP contribution in [0.5, 0.6) is 11.5 Å². The van der Waals surface area contributed by atoms with E-state index >= 15 is 0 Å². The number of esters is 1. The van der Waals surface area contributed by atoms with Crippen molar-refractivity contribution in [2.24, 2.45) is 16.3 Å². The van der Waals surface area contributed by atoms with Crippen molar-refractivity contribution in [1.29, 1.82) is 0 Å². The van der Waals surface area contributed by atoms with E-state index in [1.165, 1.54) is 0 Å². The molecule has 2 aliphatic heterocycles. The molecule has 160 valence electrons. The van der Waals surface area contributed by atoms with Crippen molar-refractivity contribution in [2.75, 3.05) is 13.4 Å². The molecule has 30 heavy (non-hydrogen) atoms. The van der Waals surface area contributed by atoms with Crippen LogP contribution in [-0.2, 0) is 14.3 Å². The van der Waals surface area contributed by atoms with Gasteiger partial charge in [-0.05, 0) is 42.9 Å². The van der Waals surface area contributed by atoms with E-state index in [2.05, 4.69) is 29.8 Å². The van der Waals surface area contributed by atoms with Crippen molar-refractivity contribution in [3.05, 3.63) is 33.4 Å². The molecule has 2 heterocycles. The van der Waals surface area contributed by atoms with Gasteiger partial charge in [-0.1, -0.05) is 36.7 Å². The Labute approximate surface area is 184 Å². The highest BCUT2D eigenvalue weighted by Crippen LogP contribution is 2.51. The first-order valence-corrected chi connectivity index (χ1v) is 11.1. The summed E-state index contributed by atoms with van der Waals surface area (Å²) in [6.07, 6.45) is 1.85. The minimum absolute atomic E-state index is 0.0420. The van der Waals surface area contributed by atoms with Gasteiger partial charge in [0.15, 0.2) is 17.3 Å². The molecule has 2 atom stereocenters. The van der Waals surface area contributed by atoms with E-state index in [9.17, 15) is 9.59 Å². The summed E-state index contributed by atoms with van der Waals surface area (Å²) in [6, 6.07) is 3.71. The quantitative estimate of drug-likeness (QED) is 0.575. The lowest BCUT2D eigenvalue weighted by atomic mass is 9.67. The Bertz CT molecular complexity index is 978. The monoisotopic (exact) mass is 475 g/mol. The van der Waals surface area contributed by atoms with Gasteiger partial charge in [0.1, 0.15) is 5.92 Å². The number of halogens is 1. The zero-order chi connectivity index (χ0) is 21.6. The number of benzene rings is 1. The molecule has 1 aromatic rings. The van der Waals surface area contributed by atoms with Gasteiger partial charge in [0.25, 0.3) is 0 Å². The Kier molecular flexibility index (Phi) is 5.51. The first kappa shape index (κ1) is 21.1. The van der Waals surface area contributed by atoms with Crippen LogP contribution in [0.25, 0.3) is 0 Å². The Morgan fingerprint density at radius 1 is 1.27 bits per heavy atom. The fourth-order valence-electron chi connectivity index (χ4n) is 4.55. The summed E-state index contributed by atoms with van der Waals surface area (Å²) in [6.45, 7) is 8.44. The van der Waals surface area contributed by atoms with E-state index in [0.29, 0.717) is 42.2 Å². The van der Waals surface area contributed by atoms with E-state index in [-0.39, 0.29) is 24.0 Å². The lowest BCUT2D eigenvalue weighted by Gasteiger charge is -2.39. The Hall–Kier alpha value is -2.15. The highest BCUT2D eigenvalue weighted by Gasteiger charge is 2.47. The largest absolute Gasteiger partial charge is 0.465 e. The molecule has 0 bridgehead atoms. The molecule has 4 rings (SSSR count). The number of hydrogen-bond acceptors (Lipinski definition) is 6. The van der Waals surface area contributed by atoms with Gasteiger partial charge in [0, 0.05) is 33.8 Å². The molecular formula is C23H26BrNO5. The first-order valence-electron chi connectivity index (χ1n) is 10.3. The SMILES string of the molecule is CCCOC(=O)C1C(C)=NC2=C(C(=O)CC(C)(C)C2)[C@@H]1c1cc2c(cc1Br)OCO2. The summed E-state index contributed by atoms with van der Waals surface area (Å²) in [4.78, 5) is 31.1. The van der Waals surface area contributed by atoms with Crippen molar-refractivity contribution in [1.82, 2.24) is 0 Å². The van der Waals surface area contributed by atoms with Gasteiger partial charge in [-0.2, -0.15) is 0 Å².